The zero-order valence-corrected chi connectivity index (χ0v) is 12.2. The zero-order chi connectivity index (χ0) is 13.8. The molecule has 0 heterocycles. The van der Waals surface area contributed by atoms with E-state index >= 15 is 0 Å². The van der Waals surface area contributed by atoms with Crippen LogP contribution in [-0.2, 0) is 4.79 Å². The standard InChI is InChI=1S/C15H29NO2/c1-4-6-11-16(12-7-5-2)13-9-8-10-14(3)15(17)18/h10H,4-9,11-13H2,1-3H3,(H,17,18). The van der Waals surface area contributed by atoms with E-state index in [0.29, 0.717) is 5.57 Å². The van der Waals surface area contributed by atoms with Crippen LogP contribution in [0.5, 0.6) is 0 Å². The van der Waals surface area contributed by atoms with E-state index in [1.54, 1.807) is 6.92 Å². The summed E-state index contributed by atoms with van der Waals surface area (Å²) in [7, 11) is 0. The second-order valence-corrected chi connectivity index (χ2v) is 4.88. The van der Waals surface area contributed by atoms with E-state index in [9.17, 15) is 4.79 Å². The number of rotatable bonds is 11. The molecular weight excluding hydrogens is 226 g/mol. The van der Waals surface area contributed by atoms with Gasteiger partial charge < -0.3 is 10.0 Å². The van der Waals surface area contributed by atoms with Crippen molar-refractivity contribution < 1.29 is 9.90 Å². The number of unbranched alkanes of at least 4 members (excludes halogenated alkanes) is 3. The maximum atomic E-state index is 10.6. The highest BCUT2D eigenvalue weighted by molar-refractivity contribution is 5.85. The Kier molecular flexibility index (Phi) is 10.8. The predicted octanol–water partition coefficient (Wildman–Crippen LogP) is 3.70. The molecule has 0 radical (unpaired) electrons. The van der Waals surface area contributed by atoms with Crippen molar-refractivity contribution in [1.82, 2.24) is 4.90 Å². The Morgan fingerprint density at radius 2 is 1.56 bits per heavy atom. The summed E-state index contributed by atoms with van der Waals surface area (Å²) in [5, 5.41) is 8.74. The molecule has 0 saturated heterocycles. The third-order valence-corrected chi connectivity index (χ3v) is 3.12. The smallest absolute Gasteiger partial charge is 0.330 e. The van der Waals surface area contributed by atoms with Gasteiger partial charge in [0, 0.05) is 5.57 Å². The van der Waals surface area contributed by atoms with E-state index in [1.807, 2.05) is 6.08 Å². The van der Waals surface area contributed by atoms with E-state index in [2.05, 4.69) is 18.7 Å². The number of aliphatic carboxylic acids is 1. The molecule has 0 atom stereocenters. The Morgan fingerprint density at radius 3 is 2.00 bits per heavy atom. The molecule has 0 unspecified atom stereocenters. The number of carboxylic acid groups (broad SMARTS) is 1. The molecule has 3 nitrogen and oxygen atoms in total. The lowest BCUT2D eigenvalue weighted by atomic mass is 10.2. The molecule has 0 spiro atoms. The molecule has 0 aliphatic carbocycles. The molecule has 0 aliphatic rings. The summed E-state index contributed by atoms with van der Waals surface area (Å²) in [6.45, 7) is 9.54. The van der Waals surface area contributed by atoms with Gasteiger partial charge in [0.15, 0.2) is 0 Å². The molecule has 0 rings (SSSR count). The highest BCUT2D eigenvalue weighted by Gasteiger charge is 2.03. The molecule has 0 saturated carbocycles. The van der Waals surface area contributed by atoms with Crippen LogP contribution in [0, 0.1) is 0 Å². The van der Waals surface area contributed by atoms with Gasteiger partial charge in [-0.3, -0.25) is 0 Å². The van der Waals surface area contributed by atoms with Crippen LogP contribution in [0.2, 0.25) is 0 Å². The number of carbonyl (C=O) groups is 1. The van der Waals surface area contributed by atoms with Gasteiger partial charge in [-0.25, -0.2) is 4.79 Å². The lowest BCUT2D eigenvalue weighted by Gasteiger charge is -2.21. The average Bonchev–Trinajstić information content (AvgIpc) is 2.36. The van der Waals surface area contributed by atoms with Gasteiger partial charge in [0.2, 0.25) is 0 Å². The minimum Gasteiger partial charge on any atom is -0.478 e. The van der Waals surface area contributed by atoms with Gasteiger partial charge in [-0.2, -0.15) is 0 Å². The van der Waals surface area contributed by atoms with Crippen LogP contribution in [0.25, 0.3) is 0 Å². The van der Waals surface area contributed by atoms with Crippen molar-refractivity contribution >= 4 is 5.97 Å². The summed E-state index contributed by atoms with van der Waals surface area (Å²) in [6, 6.07) is 0. The van der Waals surface area contributed by atoms with Crippen molar-refractivity contribution in [3.05, 3.63) is 11.6 Å². The minimum absolute atomic E-state index is 0.462. The van der Waals surface area contributed by atoms with Gasteiger partial charge in [-0.1, -0.05) is 32.8 Å². The summed E-state index contributed by atoms with van der Waals surface area (Å²) >= 11 is 0. The Labute approximate surface area is 112 Å². The number of allylic oxidation sites excluding steroid dienone is 1. The first-order valence-corrected chi connectivity index (χ1v) is 7.24. The number of hydrogen-bond acceptors (Lipinski definition) is 2. The van der Waals surface area contributed by atoms with Crippen molar-refractivity contribution in [2.24, 2.45) is 0 Å². The largest absolute Gasteiger partial charge is 0.478 e. The van der Waals surface area contributed by atoms with Crippen LogP contribution in [0.15, 0.2) is 11.6 Å². The van der Waals surface area contributed by atoms with Crippen LogP contribution < -0.4 is 0 Å². The third kappa shape index (κ3) is 9.23. The molecule has 0 bridgehead atoms. The molecule has 0 fully saturated rings. The first kappa shape index (κ1) is 17.2. The summed E-state index contributed by atoms with van der Waals surface area (Å²) in [4.78, 5) is 13.1. The van der Waals surface area contributed by atoms with Gasteiger partial charge in [0.05, 0.1) is 0 Å². The van der Waals surface area contributed by atoms with Crippen molar-refractivity contribution in [2.45, 2.75) is 59.3 Å². The second-order valence-electron chi connectivity index (χ2n) is 4.88. The Balaban J connectivity index is 3.87. The van der Waals surface area contributed by atoms with Gasteiger partial charge in [-0.15, -0.1) is 0 Å². The molecular formula is C15H29NO2. The van der Waals surface area contributed by atoms with Crippen LogP contribution in [0.1, 0.15) is 59.3 Å². The average molecular weight is 255 g/mol. The summed E-state index contributed by atoms with van der Waals surface area (Å²) in [6.07, 6.45) is 8.74. The van der Waals surface area contributed by atoms with Gasteiger partial charge in [-0.05, 0) is 52.2 Å². The topological polar surface area (TPSA) is 40.5 Å². The summed E-state index contributed by atoms with van der Waals surface area (Å²) in [5.74, 6) is -0.802. The maximum absolute atomic E-state index is 10.6. The maximum Gasteiger partial charge on any atom is 0.330 e. The fourth-order valence-electron chi connectivity index (χ4n) is 1.82. The van der Waals surface area contributed by atoms with Gasteiger partial charge in [0.25, 0.3) is 0 Å². The van der Waals surface area contributed by atoms with E-state index in [-0.39, 0.29) is 0 Å². The predicted molar refractivity (Wildman–Crippen MR) is 76.9 cm³/mol. The normalized spacial score (nSPS) is 12.1. The molecule has 0 aromatic heterocycles. The van der Waals surface area contributed by atoms with Crippen molar-refractivity contribution in [2.75, 3.05) is 19.6 Å². The summed E-state index contributed by atoms with van der Waals surface area (Å²) in [5.41, 5.74) is 0.462. The van der Waals surface area contributed by atoms with Crippen molar-refractivity contribution in [1.29, 1.82) is 0 Å². The minimum atomic E-state index is -0.802. The highest BCUT2D eigenvalue weighted by Crippen LogP contribution is 2.04. The van der Waals surface area contributed by atoms with E-state index in [0.717, 1.165) is 19.4 Å². The molecule has 0 aliphatic heterocycles. The molecule has 0 aromatic carbocycles. The second kappa shape index (κ2) is 11.3. The van der Waals surface area contributed by atoms with Crippen LogP contribution in [0.4, 0.5) is 0 Å². The SMILES string of the molecule is CCCCN(CCCC)CCCC=C(C)C(=O)O. The Bertz CT molecular complexity index is 241. The third-order valence-electron chi connectivity index (χ3n) is 3.12. The van der Waals surface area contributed by atoms with Crippen molar-refractivity contribution in [3.63, 3.8) is 0 Å². The van der Waals surface area contributed by atoms with E-state index in [1.165, 1.54) is 38.8 Å². The monoisotopic (exact) mass is 255 g/mol. The molecule has 1 N–H and O–H groups in total. The Hall–Kier alpha value is -0.830. The Morgan fingerprint density at radius 1 is 1.06 bits per heavy atom. The molecule has 3 heteroatoms. The number of hydrogen-bond donors (Lipinski definition) is 1. The molecule has 0 amide bonds. The van der Waals surface area contributed by atoms with Crippen molar-refractivity contribution in [3.8, 4) is 0 Å². The fourth-order valence-corrected chi connectivity index (χ4v) is 1.82. The molecule has 18 heavy (non-hydrogen) atoms. The van der Waals surface area contributed by atoms with E-state index < -0.39 is 5.97 Å². The number of nitrogens with zero attached hydrogens (tertiary/aromatic N) is 1. The van der Waals surface area contributed by atoms with Gasteiger partial charge in [0.1, 0.15) is 0 Å². The van der Waals surface area contributed by atoms with Gasteiger partial charge >= 0.3 is 5.97 Å². The van der Waals surface area contributed by atoms with Crippen LogP contribution >= 0.6 is 0 Å². The lowest BCUT2D eigenvalue weighted by molar-refractivity contribution is -0.132. The molecule has 0 aromatic rings. The quantitative estimate of drug-likeness (QED) is 0.452. The molecule has 106 valence electrons. The number of carboxylic acids is 1. The van der Waals surface area contributed by atoms with Crippen LogP contribution in [0.3, 0.4) is 0 Å². The lowest BCUT2D eigenvalue weighted by Crippen LogP contribution is -2.27. The fraction of sp³-hybridized carbons (Fsp3) is 0.800. The van der Waals surface area contributed by atoms with Crippen LogP contribution in [-0.4, -0.2) is 35.6 Å². The van der Waals surface area contributed by atoms with E-state index in [4.69, 9.17) is 5.11 Å². The highest BCUT2D eigenvalue weighted by atomic mass is 16.4. The summed E-state index contributed by atoms with van der Waals surface area (Å²) < 4.78 is 0. The first-order chi connectivity index (χ1) is 8.61. The zero-order valence-electron chi connectivity index (χ0n) is 12.2. The first-order valence-electron chi connectivity index (χ1n) is 7.24.